The maximum absolute atomic E-state index is 13.1. The smallest absolute Gasteiger partial charge is 0.408 e. The molecule has 1 aliphatic heterocycles. The number of anilines is 1. The van der Waals surface area contributed by atoms with Crippen molar-refractivity contribution in [3.63, 3.8) is 0 Å². The number of hydrogen-bond acceptors (Lipinski definition) is 5. The number of hydrogen-bond donors (Lipinski definition) is 0. The fraction of sp³-hybridized carbons (Fsp3) is 0.440. The third kappa shape index (κ3) is 6.84. The molecule has 3 aromatic rings. The van der Waals surface area contributed by atoms with Crippen molar-refractivity contribution in [3.05, 3.63) is 64.4 Å². The molecule has 0 atom stereocenters. The molecule has 2 aromatic carbocycles. The molecule has 4 rings (SSSR count). The third-order valence-corrected chi connectivity index (χ3v) is 6.24. The lowest BCUT2D eigenvalue weighted by molar-refractivity contribution is 0.101. The number of aromatic nitrogens is 1. The summed E-state index contributed by atoms with van der Waals surface area (Å²) in [6.45, 7) is 7.19. The van der Waals surface area contributed by atoms with Gasteiger partial charge >= 0.3 is 5.76 Å². The summed E-state index contributed by atoms with van der Waals surface area (Å²) in [5.41, 5.74) is 2.86. The molecule has 0 aliphatic carbocycles. The van der Waals surface area contributed by atoms with Crippen LogP contribution in [-0.4, -0.2) is 48.0 Å². The van der Waals surface area contributed by atoms with Crippen molar-refractivity contribution in [2.24, 2.45) is 0 Å². The minimum atomic E-state index is -0.361. The number of carbonyl (C=O) groups excluding carboxylic acids is 1. The number of aryl methyl sites for hydroxylation is 1. The van der Waals surface area contributed by atoms with E-state index in [9.17, 15) is 14.0 Å². The second-order valence-electron chi connectivity index (χ2n) is 8.48. The number of piperazine rings is 1. The Kier molecular flexibility index (Phi) is 10.6. The number of fused-ring (bicyclic) bond motifs is 1. The van der Waals surface area contributed by atoms with E-state index < -0.39 is 0 Å². The van der Waals surface area contributed by atoms with Crippen molar-refractivity contribution in [1.82, 2.24) is 9.47 Å². The average molecular weight is 512 g/mol. The minimum absolute atomic E-state index is 0. The first-order valence-corrected chi connectivity index (χ1v) is 11.4. The van der Waals surface area contributed by atoms with Crippen LogP contribution in [0.2, 0.25) is 0 Å². The minimum Gasteiger partial charge on any atom is -0.408 e. The highest BCUT2D eigenvalue weighted by molar-refractivity contribution is 5.96. The number of ketones is 1. The second kappa shape index (κ2) is 12.9. The molecule has 186 valence electrons. The summed E-state index contributed by atoms with van der Waals surface area (Å²) in [5.74, 6) is -0.598. The van der Waals surface area contributed by atoms with Gasteiger partial charge in [0.25, 0.3) is 0 Å². The number of Topliss-reactive ketones (excluding diaryl/α,β-unsaturated/α-hetero) is 1. The highest BCUT2D eigenvalue weighted by Crippen LogP contribution is 2.18. The van der Waals surface area contributed by atoms with E-state index >= 15 is 0 Å². The molecular weight excluding hydrogens is 480 g/mol. The molecule has 0 amide bonds. The van der Waals surface area contributed by atoms with Crippen LogP contribution >= 0.6 is 24.8 Å². The van der Waals surface area contributed by atoms with Gasteiger partial charge in [0.1, 0.15) is 5.82 Å². The maximum Gasteiger partial charge on any atom is 0.419 e. The molecule has 9 heteroatoms. The summed E-state index contributed by atoms with van der Waals surface area (Å²) >= 11 is 0. The van der Waals surface area contributed by atoms with Crippen LogP contribution in [0.15, 0.2) is 51.7 Å². The van der Waals surface area contributed by atoms with E-state index in [-0.39, 0.29) is 42.2 Å². The van der Waals surface area contributed by atoms with Crippen LogP contribution in [0.25, 0.3) is 11.1 Å². The van der Waals surface area contributed by atoms with Gasteiger partial charge in [-0.1, -0.05) is 12.8 Å². The summed E-state index contributed by atoms with van der Waals surface area (Å²) in [5, 5.41) is 0. The third-order valence-electron chi connectivity index (χ3n) is 6.24. The van der Waals surface area contributed by atoms with E-state index in [1.807, 2.05) is 12.1 Å². The summed E-state index contributed by atoms with van der Waals surface area (Å²) in [4.78, 5) is 28.5. The zero-order chi connectivity index (χ0) is 22.5. The molecule has 6 nitrogen and oxygen atoms in total. The zero-order valence-electron chi connectivity index (χ0n) is 19.4. The van der Waals surface area contributed by atoms with Gasteiger partial charge in [0, 0.05) is 44.0 Å². The number of oxazole rings is 1. The molecule has 1 aromatic heterocycles. The molecular formula is C25H32Cl2FN3O3. The van der Waals surface area contributed by atoms with Crippen molar-refractivity contribution in [1.29, 1.82) is 0 Å². The van der Waals surface area contributed by atoms with E-state index in [2.05, 4.69) is 9.80 Å². The molecule has 1 aliphatic rings. The van der Waals surface area contributed by atoms with Gasteiger partial charge in [-0.3, -0.25) is 14.3 Å². The highest BCUT2D eigenvalue weighted by Gasteiger charge is 2.17. The predicted molar refractivity (Wildman–Crippen MR) is 138 cm³/mol. The Morgan fingerprint density at radius 2 is 1.56 bits per heavy atom. The zero-order valence-corrected chi connectivity index (χ0v) is 21.0. The Morgan fingerprint density at radius 1 is 0.912 bits per heavy atom. The van der Waals surface area contributed by atoms with Crippen LogP contribution in [0.1, 0.15) is 43.0 Å². The largest absolute Gasteiger partial charge is 0.419 e. The molecule has 1 fully saturated rings. The number of halogens is 3. The average Bonchev–Trinajstić information content (AvgIpc) is 3.11. The Balaban J connectivity index is 0.00000204. The number of nitrogens with zero attached hydrogens (tertiary/aromatic N) is 3. The van der Waals surface area contributed by atoms with E-state index in [4.69, 9.17) is 4.42 Å². The molecule has 0 N–H and O–H groups in total. The van der Waals surface area contributed by atoms with E-state index in [0.717, 1.165) is 69.6 Å². The first kappa shape index (κ1) is 27.9. The van der Waals surface area contributed by atoms with Crippen molar-refractivity contribution in [3.8, 4) is 0 Å². The Hall–Kier alpha value is -2.35. The van der Waals surface area contributed by atoms with Gasteiger partial charge in [-0.05, 0) is 68.8 Å². The van der Waals surface area contributed by atoms with Crippen LogP contribution < -0.4 is 10.7 Å². The van der Waals surface area contributed by atoms with Gasteiger partial charge in [0.2, 0.25) is 0 Å². The first-order chi connectivity index (χ1) is 15.5. The SMILES string of the molecule is CC(=O)c1ccc2c(c1)oc(=O)n2CCCCCCN1CCN(c2ccc(F)cc2)CC1.Cl.Cl. The fourth-order valence-electron chi connectivity index (χ4n) is 4.34. The van der Waals surface area contributed by atoms with Gasteiger partial charge in [-0.15, -0.1) is 24.8 Å². The van der Waals surface area contributed by atoms with E-state index in [0.29, 0.717) is 17.7 Å². The molecule has 34 heavy (non-hydrogen) atoms. The molecule has 0 radical (unpaired) electrons. The lowest BCUT2D eigenvalue weighted by atomic mass is 10.1. The lowest BCUT2D eigenvalue weighted by Crippen LogP contribution is -2.46. The van der Waals surface area contributed by atoms with Crippen LogP contribution in [-0.2, 0) is 6.54 Å². The van der Waals surface area contributed by atoms with Crippen LogP contribution in [0.3, 0.4) is 0 Å². The number of unbranched alkanes of at least 4 members (excludes halogenated alkanes) is 3. The quantitative estimate of drug-likeness (QED) is 0.293. The van der Waals surface area contributed by atoms with Crippen molar-refractivity contribution >= 4 is 47.4 Å². The summed E-state index contributed by atoms with van der Waals surface area (Å²) in [6, 6.07) is 11.9. The first-order valence-electron chi connectivity index (χ1n) is 11.4. The van der Waals surface area contributed by atoms with Crippen LogP contribution in [0, 0.1) is 5.82 Å². The highest BCUT2D eigenvalue weighted by atomic mass is 35.5. The summed E-state index contributed by atoms with van der Waals surface area (Å²) in [6.07, 6.45) is 4.23. The van der Waals surface area contributed by atoms with Crippen molar-refractivity contribution in [2.75, 3.05) is 37.6 Å². The molecule has 0 bridgehead atoms. The molecule has 0 unspecified atom stereocenters. The topological polar surface area (TPSA) is 58.7 Å². The Morgan fingerprint density at radius 3 is 2.21 bits per heavy atom. The normalized spacial score (nSPS) is 14.0. The standard InChI is InChI=1S/C25H30FN3O3.2ClH/c1-19(30)20-6-11-23-24(18-20)32-25(31)29(23)13-5-3-2-4-12-27-14-16-28(17-15-27)22-9-7-21(26)8-10-22;;/h6-11,18H,2-5,12-17H2,1H3;2*1H. The fourth-order valence-corrected chi connectivity index (χ4v) is 4.34. The number of rotatable bonds is 9. The van der Waals surface area contributed by atoms with E-state index in [1.54, 1.807) is 22.8 Å². The molecule has 0 saturated carbocycles. The molecule has 1 saturated heterocycles. The van der Waals surface area contributed by atoms with Gasteiger partial charge in [-0.25, -0.2) is 9.18 Å². The summed E-state index contributed by atoms with van der Waals surface area (Å²) in [7, 11) is 0. The monoisotopic (exact) mass is 511 g/mol. The number of carbonyl (C=O) groups is 1. The molecule has 0 spiro atoms. The van der Waals surface area contributed by atoms with Crippen LogP contribution in [0.5, 0.6) is 0 Å². The van der Waals surface area contributed by atoms with Gasteiger partial charge < -0.3 is 9.32 Å². The number of benzene rings is 2. The van der Waals surface area contributed by atoms with Crippen molar-refractivity contribution in [2.45, 2.75) is 39.2 Å². The Labute approximate surface area is 211 Å². The predicted octanol–water partition coefficient (Wildman–Crippen LogP) is 5.16. The second-order valence-corrected chi connectivity index (χ2v) is 8.48. The van der Waals surface area contributed by atoms with Gasteiger partial charge in [-0.2, -0.15) is 0 Å². The van der Waals surface area contributed by atoms with Gasteiger partial charge in [0.05, 0.1) is 5.52 Å². The lowest BCUT2D eigenvalue weighted by Gasteiger charge is -2.36. The Bertz CT molecular complexity index is 1120. The van der Waals surface area contributed by atoms with Gasteiger partial charge in [0.15, 0.2) is 11.4 Å². The maximum atomic E-state index is 13.1. The molecule has 2 heterocycles. The summed E-state index contributed by atoms with van der Waals surface area (Å²) < 4.78 is 20.1. The van der Waals surface area contributed by atoms with Crippen molar-refractivity contribution < 1.29 is 13.6 Å². The van der Waals surface area contributed by atoms with E-state index in [1.165, 1.54) is 19.1 Å². The van der Waals surface area contributed by atoms with Crippen LogP contribution in [0.4, 0.5) is 10.1 Å².